The summed E-state index contributed by atoms with van der Waals surface area (Å²) in [6, 6.07) is 16.6. The molecule has 2 heterocycles. The topological polar surface area (TPSA) is 71.8 Å². The fourth-order valence-corrected chi connectivity index (χ4v) is 3.46. The normalized spacial score (nSPS) is 15.2. The van der Waals surface area contributed by atoms with Gasteiger partial charge in [0.25, 0.3) is 0 Å². The smallest absolute Gasteiger partial charge is 0.237 e. The van der Waals surface area contributed by atoms with Gasteiger partial charge < -0.3 is 10.6 Å². The van der Waals surface area contributed by atoms with E-state index in [9.17, 15) is 4.79 Å². The first-order valence-corrected chi connectivity index (χ1v) is 9.30. The molecule has 0 bridgehead atoms. The highest BCUT2D eigenvalue weighted by Gasteiger charge is 2.21. The van der Waals surface area contributed by atoms with Gasteiger partial charge >= 0.3 is 0 Å². The molecule has 4 rings (SSSR count). The van der Waals surface area contributed by atoms with Crippen LogP contribution in [-0.2, 0) is 17.9 Å². The third kappa shape index (κ3) is 5.79. The molecule has 1 aliphatic heterocycles. The molecule has 0 spiro atoms. The van der Waals surface area contributed by atoms with Crippen molar-refractivity contribution in [3.63, 3.8) is 0 Å². The first-order chi connectivity index (χ1) is 13.3. The summed E-state index contributed by atoms with van der Waals surface area (Å²) in [4.78, 5) is 16.2. The molecule has 3 aromatic rings. The second-order valence-corrected chi connectivity index (χ2v) is 6.81. The standard InChI is InChI=1S/C21H23N5O.2ClH/c27-21(20-6-3-11-23-20)24-12-18-4-1-2-5-19(18)17-9-7-16(8-10-17)13-26-15-22-14-25-26;;/h1-2,4-5,7-10,14-15,20,23H,3,6,11-13H2,(H,24,27);2*1H. The van der Waals surface area contributed by atoms with Crippen molar-refractivity contribution >= 4 is 30.7 Å². The van der Waals surface area contributed by atoms with Crippen LogP contribution in [0.25, 0.3) is 11.1 Å². The van der Waals surface area contributed by atoms with Crippen LogP contribution in [0.15, 0.2) is 61.2 Å². The molecule has 1 unspecified atom stereocenters. The fraction of sp³-hybridized carbons (Fsp3) is 0.286. The number of carbonyl (C=O) groups excluding carboxylic acids is 1. The SMILES string of the molecule is Cl.Cl.O=C(NCc1ccccc1-c1ccc(Cn2cncn2)cc1)C1CCCN1. The Kier molecular flexibility index (Phi) is 8.64. The minimum atomic E-state index is -0.0479. The van der Waals surface area contributed by atoms with Gasteiger partial charge in [-0.2, -0.15) is 5.10 Å². The summed E-state index contributed by atoms with van der Waals surface area (Å²) in [6.07, 6.45) is 5.24. The third-order valence-electron chi connectivity index (χ3n) is 4.92. The fourth-order valence-electron chi connectivity index (χ4n) is 3.46. The van der Waals surface area contributed by atoms with Crippen LogP contribution >= 0.6 is 24.8 Å². The van der Waals surface area contributed by atoms with Gasteiger partial charge in [-0.05, 0) is 41.6 Å². The van der Waals surface area contributed by atoms with Crippen molar-refractivity contribution in [2.45, 2.75) is 32.0 Å². The molecule has 0 aliphatic carbocycles. The van der Waals surface area contributed by atoms with Crippen LogP contribution in [0.4, 0.5) is 0 Å². The minimum absolute atomic E-state index is 0. The summed E-state index contributed by atoms with van der Waals surface area (Å²) < 4.78 is 1.80. The Morgan fingerprint density at radius 3 is 2.62 bits per heavy atom. The summed E-state index contributed by atoms with van der Waals surface area (Å²) in [5, 5.41) is 10.5. The van der Waals surface area contributed by atoms with Gasteiger partial charge in [0.05, 0.1) is 12.6 Å². The van der Waals surface area contributed by atoms with Crippen molar-refractivity contribution in [1.29, 1.82) is 0 Å². The minimum Gasteiger partial charge on any atom is -0.351 e. The van der Waals surface area contributed by atoms with Crippen molar-refractivity contribution in [3.05, 3.63) is 72.3 Å². The first-order valence-electron chi connectivity index (χ1n) is 9.30. The number of benzene rings is 2. The van der Waals surface area contributed by atoms with Crippen LogP contribution in [0.1, 0.15) is 24.0 Å². The summed E-state index contributed by atoms with van der Waals surface area (Å²) >= 11 is 0. The molecular weight excluding hydrogens is 409 g/mol. The number of amides is 1. The second-order valence-electron chi connectivity index (χ2n) is 6.81. The first kappa shape index (κ1) is 22.9. The quantitative estimate of drug-likeness (QED) is 0.625. The number of rotatable bonds is 6. The molecule has 0 saturated carbocycles. The number of halogens is 2. The summed E-state index contributed by atoms with van der Waals surface area (Å²) in [7, 11) is 0. The molecule has 8 heteroatoms. The molecule has 154 valence electrons. The number of nitrogens with one attached hydrogen (secondary N) is 2. The Balaban J connectivity index is 0.00000150. The van der Waals surface area contributed by atoms with Gasteiger partial charge in [0.2, 0.25) is 5.91 Å². The lowest BCUT2D eigenvalue weighted by molar-refractivity contribution is -0.122. The van der Waals surface area contributed by atoms with Gasteiger partial charge in [-0.1, -0.05) is 48.5 Å². The van der Waals surface area contributed by atoms with Crippen LogP contribution in [-0.4, -0.2) is 33.3 Å². The number of aromatic nitrogens is 3. The number of hydrogen-bond donors (Lipinski definition) is 2. The zero-order valence-electron chi connectivity index (χ0n) is 16.0. The highest BCUT2D eigenvalue weighted by atomic mass is 35.5. The van der Waals surface area contributed by atoms with Gasteiger partial charge in [0.1, 0.15) is 12.7 Å². The molecule has 29 heavy (non-hydrogen) atoms. The zero-order chi connectivity index (χ0) is 18.5. The molecule has 1 fully saturated rings. The Morgan fingerprint density at radius 2 is 1.93 bits per heavy atom. The predicted octanol–water partition coefficient (Wildman–Crippen LogP) is 3.21. The maximum Gasteiger partial charge on any atom is 0.237 e. The van der Waals surface area contributed by atoms with Crippen LogP contribution in [0.3, 0.4) is 0 Å². The number of carbonyl (C=O) groups is 1. The van der Waals surface area contributed by atoms with Crippen LogP contribution in [0.2, 0.25) is 0 Å². The lowest BCUT2D eigenvalue weighted by atomic mass is 9.98. The Bertz CT molecular complexity index is 894. The Hall–Kier alpha value is -2.41. The van der Waals surface area contributed by atoms with Crippen molar-refractivity contribution < 1.29 is 4.79 Å². The van der Waals surface area contributed by atoms with Gasteiger partial charge in [0.15, 0.2) is 0 Å². The van der Waals surface area contributed by atoms with Gasteiger partial charge in [-0.3, -0.25) is 4.79 Å². The summed E-state index contributed by atoms with van der Waals surface area (Å²) in [5.74, 6) is 0.0884. The maximum absolute atomic E-state index is 12.3. The van der Waals surface area contributed by atoms with Crippen LogP contribution < -0.4 is 10.6 Å². The lowest BCUT2D eigenvalue weighted by Gasteiger charge is -2.14. The lowest BCUT2D eigenvalue weighted by Crippen LogP contribution is -2.40. The molecular formula is C21H25Cl2N5O. The maximum atomic E-state index is 12.3. The van der Waals surface area contributed by atoms with Crippen molar-refractivity contribution in [3.8, 4) is 11.1 Å². The molecule has 1 aromatic heterocycles. The average molecular weight is 434 g/mol. The van der Waals surface area contributed by atoms with E-state index in [0.717, 1.165) is 36.1 Å². The summed E-state index contributed by atoms with van der Waals surface area (Å²) in [5.41, 5.74) is 4.57. The van der Waals surface area contributed by atoms with Gasteiger partial charge in [0, 0.05) is 6.54 Å². The molecule has 2 aromatic carbocycles. The molecule has 1 atom stereocenters. The molecule has 2 N–H and O–H groups in total. The van der Waals surface area contributed by atoms with E-state index in [4.69, 9.17) is 0 Å². The van der Waals surface area contributed by atoms with E-state index in [2.05, 4.69) is 57.1 Å². The molecule has 6 nitrogen and oxygen atoms in total. The highest BCUT2D eigenvalue weighted by molar-refractivity contribution is 5.85. The highest BCUT2D eigenvalue weighted by Crippen LogP contribution is 2.24. The van der Waals surface area contributed by atoms with E-state index in [1.54, 1.807) is 17.3 Å². The Morgan fingerprint density at radius 1 is 1.14 bits per heavy atom. The molecule has 1 amide bonds. The van der Waals surface area contributed by atoms with Crippen molar-refractivity contribution in [1.82, 2.24) is 25.4 Å². The van der Waals surface area contributed by atoms with E-state index in [-0.39, 0.29) is 36.8 Å². The van der Waals surface area contributed by atoms with Crippen LogP contribution in [0.5, 0.6) is 0 Å². The van der Waals surface area contributed by atoms with Crippen molar-refractivity contribution in [2.24, 2.45) is 0 Å². The van der Waals surface area contributed by atoms with E-state index >= 15 is 0 Å². The number of nitrogens with zero attached hydrogens (tertiary/aromatic N) is 3. The summed E-state index contributed by atoms with van der Waals surface area (Å²) in [6.45, 7) is 2.16. The molecule has 0 radical (unpaired) electrons. The van der Waals surface area contributed by atoms with Crippen molar-refractivity contribution in [2.75, 3.05) is 6.54 Å². The van der Waals surface area contributed by atoms with E-state index in [1.165, 1.54) is 5.56 Å². The van der Waals surface area contributed by atoms with Gasteiger partial charge in [-0.15, -0.1) is 24.8 Å². The third-order valence-corrected chi connectivity index (χ3v) is 4.92. The Labute approximate surface area is 182 Å². The largest absolute Gasteiger partial charge is 0.351 e. The molecule has 1 saturated heterocycles. The number of hydrogen-bond acceptors (Lipinski definition) is 4. The average Bonchev–Trinajstić information content (AvgIpc) is 3.41. The van der Waals surface area contributed by atoms with E-state index in [0.29, 0.717) is 13.1 Å². The van der Waals surface area contributed by atoms with Crippen LogP contribution in [0, 0.1) is 0 Å². The zero-order valence-corrected chi connectivity index (χ0v) is 17.6. The molecule has 1 aliphatic rings. The predicted molar refractivity (Wildman–Crippen MR) is 118 cm³/mol. The van der Waals surface area contributed by atoms with E-state index < -0.39 is 0 Å². The van der Waals surface area contributed by atoms with Gasteiger partial charge in [-0.25, -0.2) is 9.67 Å². The van der Waals surface area contributed by atoms with E-state index in [1.807, 2.05) is 12.1 Å². The monoisotopic (exact) mass is 433 g/mol. The second kappa shape index (κ2) is 11.0.